The number of hydrogen-bond acceptors (Lipinski definition) is 7. The van der Waals surface area contributed by atoms with Gasteiger partial charge in [-0.1, -0.05) is 37.0 Å². The van der Waals surface area contributed by atoms with Crippen LogP contribution in [0.4, 0.5) is 0 Å². The molecule has 0 aliphatic rings. The number of carboxylic acid groups (broad SMARTS) is 1. The third-order valence-corrected chi connectivity index (χ3v) is 4.64. The van der Waals surface area contributed by atoms with Crippen LogP contribution in [-0.2, 0) is 11.2 Å². The van der Waals surface area contributed by atoms with Crippen LogP contribution in [0.15, 0.2) is 32.6 Å². The minimum absolute atomic E-state index is 0.00423. The summed E-state index contributed by atoms with van der Waals surface area (Å²) < 4.78 is 6.37. The largest absolute Gasteiger partial charge is 0.481 e. The summed E-state index contributed by atoms with van der Waals surface area (Å²) in [6, 6.07) is 4.03. The molecular formula is C18H15Cl2N5O6. The van der Waals surface area contributed by atoms with Crippen molar-refractivity contribution in [2.24, 2.45) is 0 Å². The molecule has 1 aromatic carbocycles. The summed E-state index contributed by atoms with van der Waals surface area (Å²) in [5, 5.41) is 18.8. The van der Waals surface area contributed by atoms with Gasteiger partial charge in [0.25, 0.3) is 11.1 Å². The third-order valence-electron chi connectivity index (χ3n) is 4.08. The Kier molecular flexibility index (Phi) is 6.27. The number of halogens is 2. The maximum absolute atomic E-state index is 12.1. The molecule has 0 unspecified atom stereocenters. The molecule has 13 heteroatoms. The lowest BCUT2D eigenvalue weighted by atomic mass is 10.1. The Morgan fingerprint density at radius 3 is 2.39 bits per heavy atom. The predicted octanol–water partition coefficient (Wildman–Crippen LogP) is 1.85. The number of aliphatic carboxylic acids is 1. The molecule has 0 amide bonds. The first kappa shape index (κ1) is 22.2. The van der Waals surface area contributed by atoms with Crippen LogP contribution < -0.4 is 21.5 Å². The smallest absolute Gasteiger partial charge is 0.349 e. The van der Waals surface area contributed by atoms with Crippen LogP contribution in [0.1, 0.15) is 31.0 Å². The van der Waals surface area contributed by atoms with E-state index in [2.05, 4.69) is 15.3 Å². The van der Waals surface area contributed by atoms with Gasteiger partial charge in [0.1, 0.15) is 5.69 Å². The summed E-state index contributed by atoms with van der Waals surface area (Å²) in [4.78, 5) is 48.6. The fourth-order valence-electron chi connectivity index (χ4n) is 2.62. The standard InChI is InChI=1S/C18H15Cl2N5O6/c1-7(2)9-5-13(22-23-16(9)28)31-15-10(19)3-8(4-11(15)20)25-18(30)21-17(29)12(24-25)6-14(26)27/h3-5,7H,6H2,1-2H3,(H,23,28)(H,26,27)(H,21,29,30). The van der Waals surface area contributed by atoms with E-state index >= 15 is 0 Å². The van der Waals surface area contributed by atoms with Gasteiger partial charge in [-0.15, -0.1) is 5.10 Å². The number of nitrogens with one attached hydrogen (secondary N) is 2. The van der Waals surface area contributed by atoms with Crippen molar-refractivity contribution in [3.63, 3.8) is 0 Å². The number of rotatable bonds is 6. The Labute approximate surface area is 183 Å². The van der Waals surface area contributed by atoms with Crippen molar-refractivity contribution in [3.05, 3.63) is 70.7 Å². The van der Waals surface area contributed by atoms with Gasteiger partial charge in [-0.2, -0.15) is 9.78 Å². The molecule has 3 aromatic rings. The summed E-state index contributed by atoms with van der Waals surface area (Å²) in [5.74, 6) is -1.33. The van der Waals surface area contributed by atoms with Crippen LogP contribution in [0.25, 0.3) is 5.69 Å². The summed E-state index contributed by atoms with van der Waals surface area (Å²) in [7, 11) is 0. The maximum Gasteiger partial charge on any atom is 0.349 e. The number of ether oxygens (including phenoxy) is 1. The highest BCUT2D eigenvalue weighted by atomic mass is 35.5. The minimum atomic E-state index is -1.29. The van der Waals surface area contributed by atoms with Crippen molar-refractivity contribution in [3.8, 4) is 17.3 Å². The molecule has 11 nitrogen and oxygen atoms in total. The Hall–Kier alpha value is -3.44. The zero-order valence-corrected chi connectivity index (χ0v) is 17.6. The van der Waals surface area contributed by atoms with Crippen LogP contribution in [-0.4, -0.2) is 36.0 Å². The van der Waals surface area contributed by atoms with E-state index in [9.17, 15) is 19.2 Å². The highest BCUT2D eigenvalue weighted by Crippen LogP contribution is 2.37. The van der Waals surface area contributed by atoms with E-state index in [-0.39, 0.29) is 44.5 Å². The number of aromatic amines is 2. The summed E-state index contributed by atoms with van der Waals surface area (Å²) in [6.45, 7) is 3.66. The average Bonchev–Trinajstić information content (AvgIpc) is 2.67. The van der Waals surface area contributed by atoms with Gasteiger partial charge < -0.3 is 9.84 Å². The van der Waals surface area contributed by atoms with E-state index < -0.39 is 23.6 Å². The molecule has 0 aliphatic carbocycles. The lowest BCUT2D eigenvalue weighted by molar-refractivity contribution is -0.136. The third kappa shape index (κ3) is 4.84. The van der Waals surface area contributed by atoms with Gasteiger partial charge in [0, 0.05) is 11.6 Å². The lowest BCUT2D eigenvalue weighted by Gasteiger charge is -2.12. The first-order valence-corrected chi connectivity index (χ1v) is 9.53. The summed E-state index contributed by atoms with van der Waals surface area (Å²) in [5.41, 5.74) is -2.04. The maximum atomic E-state index is 12.1. The van der Waals surface area contributed by atoms with E-state index in [1.807, 2.05) is 18.8 Å². The quantitative estimate of drug-likeness (QED) is 0.494. The summed E-state index contributed by atoms with van der Waals surface area (Å²) >= 11 is 12.5. The average molecular weight is 468 g/mol. The second-order valence-corrected chi connectivity index (χ2v) is 7.49. The molecule has 31 heavy (non-hydrogen) atoms. The highest BCUT2D eigenvalue weighted by molar-refractivity contribution is 6.37. The fourth-order valence-corrected chi connectivity index (χ4v) is 3.17. The first-order chi connectivity index (χ1) is 14.6. The molecule has 2 heterocycles. The van der Waals surface area contributed by atoms with Crippen molar-refractivity contribution in [1.29, 1.82) is 0 Å². The van der Waals surface area contributed by atoms with Gasteiger partial charge in [-0.05, 0) is 18.1 Å². The molecule has 0 aliphatic heterocycles. The van der Waals surface area contributed by atoms with Crippen molar-refractivity contribution >= 4 is 29.2 Å². The Bertz CT molecular complexity index is 1320. The van der Waals surface area contributed by atoms with Crippen molar-refractivity contribution < 1.29 is 14.6 Å². The number of H-pyrrole nitrogens is 2. The van der Waals surface area contributed by atoms with Crippen LogP contribution in [0.5, 0.6) is 11.6 Å². The van der Waals surface area contributed by atoms with Crippen LogP contribution in [0.2, 0.25) is 10.0 Å². The molecule has 3 rings (SSSR count). The molecule has 0 saturated carbocycles. The van der Waals surface area contributed by atoms with E-state index in [1.165, 1.54) is 18.2 Å². The van der Waals surface area contributed by atoms with Crippen LogP contribution in [0.3, 0.4) is 0 Å². The second kappa shape index (κ2) is 8.74. The summed E-state index contributed by atoms with van der Waals surface area (Å²) in [6.07, 6.45) is -0.686. The molecule has 0 radical (unpaired) electrons. The predicted molar refractivity (Wildman–Crippen MR) is 111 cm³/mol. The van der Waals surface area contributed by atoms with Crippen LogP contribution >= 0.6 is 23.2 Å². The molecule has 2 aromatic heterocycles. The van der Waals surface area contributed by atoms with E-state index in [4.69, 9.17) is 33.0 Å². The second-order valence-electron chi connectivity index (χ2n) is 6.67. The van der Waals surface area contributed by atoms with Crippen molar-refractivity contribution in [2.75, 3.05) is 0 Å². The Morgan fingerprint density at radius 1 is 1.16 bits per heavy atom. The van der Waals surface area contributed by atoms with Crippen molar-refractivity contribution in [2.45, 2.75) is 26.2 Å². The van der Waals surface area contributed by atoms with Gasteiger partial charge in [-0.3, -0.25) is 19.4 Å². The number of hydrogen-bond donors (Lipinski definition) is 3. The number of carboxylic acids is 1. The topological polar surface area (TPSA) is 160 Å². The monoisotopic (exact) mass is 467 g/mol. The molecular weight excluding hydrogens is 453 g/mol. The van der Waals surface area contributed by atoms with E-state index in [1.54, 1.807) is 0 Å². The fraction of sp³-hybridized carbons (Fsp3) is 0.222. The molecule has 3 N–H and O–H groups in total. The minimum Gasteiger partial charge on any atom is -0.481 e. The Balaban J connectivity index is 2.03. The molecule has 0 spiro atoms. The Morgan fingerprint density at radius 2 is 1.81 bits per heavy atom. The van der Waals surface area contributed by atoms with Crippen molar-refractivity contribution in [1.82, 2.24) is 25.0 Å². The highest BCUT2D eigenvalue weighted by Gasteiger charge is 2.17. The van der Waals surface area contributed by atoms with Gasteiger partial charge in [-0.25, -0.2) is 9.89 Å². The SMILES string of the molecule is CC(C)c1cc(Oc2c(Cl)cc(-n3nc(CC(=O)O)c(=O)[nH]c3=O)cc2Cl)n[nH]c1=O. The molecule has 0 saturated heterocycles. The van der Waals surface area contributed by atoms with Gasteiger partial charge >= 0.3 is 11.7 Å². The van der Waals surface area contributed by atoms with E-state index in [0.717, 1.165) is 4.68 Å². The van der Waals surface area contributed by atoms with Crippen LogP contribution in [0, 0.1) is 0 Å². The molecule has 0 bridgehead atoms. The first-order valence-electron chi connectivity index (χ1n) is 8.78. The van der Waals surface area contributed by atoms with Gasteiger partial charge in [0.2, 0.25) is 5.88 Å². The molecule has 0 fully saturated rings. The molecule has 162 valence electrons. The zero-order valence-electron chi connectivity index (χ0n) is 16.1. The number of carbonyl (C=O) groups is 1. The van der Waals surface area contributed by atoms with Gasteiger partial charge in [0.15, 0.2) is 5.75 Å². The van der Waals surface area contributed by atoms with Gasteiger partial charge in [0.05, 0.1) is 22.2 Å². The number of nitrogens with zero attached hydrogens (tertiary/aromatic N) is 3. The lowest BCUT2D eigenvalue weighted by Crippen LogP contribution is -2.34. The number of aromatic nitrogens is 5. The zero-order chi connectivity index (χ0) is 22.9. The normalized spacial score (nSPS) is 11.0. The van der Waals surface area contributed by atoms with E-state index in [0.29, 0.717) is 5.56 Å². The number of benzene rings is 1. The molecule has 0 atom stereocenters.